The van der Waals surface area contributed by atoms with Crippen LogP contribution < -0.4 is 10.1 Å². The molecule has 2 N–H and O–H groups in total. The number of carbonyl (C=O) groups is 1. The van der Waals surface area contributed by atoms with E-state index in [2.05, 4.69) is 20.3 Å². The Bertz CT molecular complexity index is 1250. The lowest BCUT2D eigenvalue weighted by molar-refractivity contribution is -0.231. The van der Waals surface area contributed by atoms with Gasteiger partial charge >= 0.3 is 6.01 Å². The third-order valence-electron chi connectivity index (χ3n) is 6.89. The number of rotatable bonds is 7. The van der Waals surface area contributed by atoms with Crippen LogP contribution in [0.1, 0.15) is 65.0 Å². The topological polar surface area (TPSA) is 111 Å². The number of imidazole rings is 1. The van der Waals surface area contributed by atoms with Crippen LogP contribution >= 0.6 is 0 Å². The second-order valence-corrected chi connectivity index (χ2v) is 10.6. The summed E-state index contributed by atoms with van der Waals surface area (Å²) in [4.78, 5) is 29.8. The molecule has 0 unspecified atom stereocenters. The molecule has 2 aromatic heterocycles. The van der Waals surface area contributed by atoms with Gasteiger partial charge in [0, 0.05) is 17.8 Å². The highest BCUT2D eigenvalue weighted by Gasteiger charge is 2.41. The Labute approximate surface area is 221 Å². The maximum Gasteiger partial charge on any atom is 0.317 e. The zero-order valence-electron chi connectivity index (χ0n) is 22.0. The lowest BCUT2D eigenvalue weighted by atomic mass is 9.89. The largest absolute Gasteiger partial charge is 0.461 e. The molecular formula is C28H34FN5O4. The molecule has 0 bridgehead atoms. The fourth-order valence-corrected chi connectivity index (χ4v) is 4.76. The molecule has 3 heterocycles. The van der Waals surface area contributed by atoms with Crippen LogP contribution in [0.25, 0.3) is 22.6 Å². The standard InChI is InChI=1S/C28H34FN5O4/c1-17(2)38-27-30-14-13-21(32-27)23-22(18-9-11-19(29)12-10-18)33-24(34-23)25-36-15-28(3,16-37-25)26(35)31-20-7-5-4-6-8-20/h9-14,17,20,25H,4-8,15-16H2,1-3H3,(H,31,35)(H,33,34). The molecular weight excluding hydrogens is 489 g/mol. The summed E-state index contributed by atoms with van der Waals surface area (Å²) in [6.07, 6.45) is 6.26. The SMILES string of the molecule is CC(C)Oc1nccc(-c2[nH]c(C3OCC(C)(C(=O)NC4CCCCC4)CO3)nc2-c2ccc(F)cc2)n1. The highest BCUT2D eigenvalue weighted by molar-refractivity contribution is 5.83. The predicted molar refractivity (Wildman–Crippen MR) is 139 cm³/mol. The molecule has 2 fully saturated rings. The number of aromatic nitrogens is 4. The fraction of sp³-hybridized carbons (Fsp3) is 0.500. The molecule has 1 saturated heterocycles. The van der Waals surface area contributed by atoms with Crippen LogP contribution in [0.2, 0.25) is 0 Å². The molecule has 0 spiro atoms. The molecule has 5 rings (SSSR count). The molecule has 9 nitrogen and oxygen atoms in total. The minimum atomic E-state index is -0.799. The quantitative estimate of drug-likeness (QED) is 0.450. The first-order valence-electron chi connectivity index (χ1n) is 13.2. The Morgan fingerprint density at radius 1 is 1.11 bits per heavy atom. The van der Waals surface area contributed by atoms with E-state index in [0.29, 0.717) is 28.5 Å². The third-order valence-corrected chi connectivity index (χ3v) is 6.89. The number of aromatic amines is 1. The summed E-state index contributed by atoms with van der Waals surface area (Å²) in [7, 11) is 0. The average molecular weight is 524 g/mol. The maximum absolute atomic E-state index is 13.6. The van der Waals surface area contributed by atoms with Crippen molar-refractivity contribution in [3.8, 4) is 28.7 Å². The van der Waals surface area contributed by atoms with Gasteiger partial charge in [-0.2, -0.15) is 4.98 Å². The van der Waals surface area contributed by atoms with Gasteiger partial charge in [-0.25, -0.2) is 14.4 Å². The van der Waals surface area contributed by atoms with Crippen LogP contribution in [-0.2, 0) is 14.3 Å². The van der Waals surface area contributed by atoms with E-state index in [9.17, 15) is 9.18 Å². The minimum absolute atomic E-state index is 0.0475. The Morgan fingerprint density at radius 2 is 1.82 bits per heavy atom. The van der Waals surface area contributed by atoms with Crippen molar-refractivity contribution in [3.63, 3.8) is 0 Å². The van der Waals surface area contributed by atoms with Crippen molar-refractivity contribution >= 4 is 5.91 Å². The van der Waals surface area contributed by atoms with Gasteiger partial charge in [0.15, 0.2) is 5.82 Å². The predicted octanol–water partition coefficient (Wildman–Crippen LogP) is 4.96. The van der Waals surface area contributed by atoms with Crippen LogP contribution in [0.3, 0.4) is 0 Å². The van der Waals surface area contributed by atoms with Crippen LogP contribution in [0.4, 0.5) is 4.39 Å². The van der Waals surface area contributed by atoms with Gasteiger partial charge in [0.25, 0.3) is 0 Å². The molecule has 2 aliphatic rings. The summed E-state index contributed by atoms with van der Waals surface area (Å²) >= 11 is 0. The van der Waals surface area contributed by atoms with Crippen LogP contribution in [0.15, 0.2) is 36.5 Å². The lowest BCUT2D eigenvalue weighted by Gasteiger charge is -2.37. The molecule has 1 saturated carbocycles. The molecule has 0 atom stereocenters. The third kappa shape index (κ3) is 5.86. The zero-order valence-corrected chi connectivity index (χ0v) is 22.0. The Balaban J connectivity index is 1.37. The summed E-state index contributed by atoms with van der Waals surface area (Å²) in [6.45, 7) is 6.04. The normalized spacial score (nSPS) is 22.4. The fourth-order valence-electron chi connectivity index (χ4n) is 4.76. The van der Waals surface area contributed by atoms with Gasteiger partial charge in [0.2, 0.25) is 12.2 Å². The Morgan fingerprint density at radius 3 is 2.50 bits per heavy atom. The highest BCUT2D eigenvalue weighted by atomic mass is 19.1. The van der Waals surface area contributed by atoms with Gasteiger partial charge in [-0.15, -0.1) is 0 Å². The molecule has 1 aliphatic heterocycles. The summed E-state index contributed by atoms with van der Waals surface area (Å²) in [5.41, 5.74) is 1.62. The zero-order chi connectivity index (χ0) is 26.7. The number of nitrogens with zero attached hydrogens (tertiary/aromatic N) is 3. The summed E-state index contributed by atoms with van der Waals surface area (Å²) in [5.74, 6) is 0.0399. The highest BCUT2D eigenvalue weighted by Crippen LogP contribution is 2.36. The molecule has 38 heavy (non-hydrogen) atoms. The molecule has 1 aromatic carbocycles. The molecule has 1 aliphatic carbocycles. The first-order chi connectivity index (χ1) is 18.3. The van der Waals surface area contributed by atoms with E-state index in [0.717, 1.165) is 25.7 Å². The van der Waals surface area contributed by atoms with Crippen molar-refractivity contribution in [2.45, 2.75) is 71.3 Å². The van der Waals surface area contributed by atoms with E-state index in [1.54, 1.807) is 24.4 Å². The van der Waals surface area contributed by atoms with Crippen molar-refractivity contribution in [3.05, 3.63) is 48.2 Å². The first kappa shape index (κ1) is 26.2. The van der Waals surface area contributed by atoms with Crippen LogP contribution in [-0.4, -0.2) is 51.2 Å². The number of nitrogens with one attached hydrogen (secondary N) is 2. The summed E-state index contributed by atoms with van der Waals surface area (Å²) < 4.78 is 31.4. The molecule has 10 heteroatoms. The van der Waals surface area contributed by atoms with Gasteiger partial charge in [-0.3, -0.25) is 4.79 Å². The van der Waals surface area contributed by atoms with E-state index in [-0.39, 0.29) is 43.1 Å². The van der Waals surface area contributed by atoms with E-state index < -0.39 is 11.7 Å². The monoisotopic (exact) mass is 523 g/mol. The van der Waals surface area contributed by atoms with Gasteiger partial charge in [-0.1, -0.05) is 19.3 Å². The summed E-state index contributed by atoms with van der Waals surface area (Å²) in [5, 5.41) is 3.18. The van der Waals surface area contributed by atoms with Gasteiger partial charge in [0.1, 0.15) is 5.82 Å². The smallest absolute Gasteiger partial charge is 0.317 e. The van der Waals surface area contributed by atoms with Gasteiger partial charge < -0.3 is 24.5 Å². The number of hydrogen-bond donors (Lipinski definition) is 2. The van der Waals surface area contributed by atoms with E-state index in [4.69, 9.17) is 19.2 Å². The van der Waals surface area contributed by atoms with E-state index in [1.807, 2.05) is 20.8 Å². The number of amides is 1. The number of carbonyl (C=O) groups excluding carboxylic acids is 1. The van der Waals surface area contributed by atoms with E-state index in [1.165, 1.54) is 18.6 Å². The lowest BCUT2D eigenvalue weighted by Crippen LogP contribution is -2.51. The van der Waals surface area contributed by atoms with Crippen LogP contribution in [0, 0.1) is 11.2 Å². The van der Waals surface area contributed by atoms with Gasteiger partial charge in [0.05, 0.1) is 41.8 Å². The van der Waals surface area contributed by atoms with Crippen molar-refractivity contribution in [2.75, 3.05) is 13.2 Å². The average Bonchev–Trinajstić information content (AvgIpc) is 3.35. The Kier molecular flexibility index (Phi) is 7.71. The van der Waals surface area contributed by atoms with Crippen molar-refractivity contribution in [1.29, 1.82) is 0 Å². The number of H-pyrrole nitrogens is 1. The minimum Gasteiger partial charge on any atom is -0.461 e. The van der Waals surface area contributed by atoms with Crippen LogP contribution in [0.5, 0.6) is 6.01 Å². The van der Waals surface area contributed by atoms with Gasteiger partial charge in [-0.05, 0) is 63.9 Å². The second-order valence-electron chi connectivity index (χ2n) is 10.6. The number of hydrogen-bond acceptors (Lipinski definition) is 7. The molecule has 0 radical (unpaired) electrons. The molecule has 3 aromatic rings. The maximum atomic E-state index is 13.6. The molecule has 202 valence electrons. The van der Waals surface area contributed by atoms with Crippen molar-refractivity contribution in [2.24, 2.45) is 5.41 Å². The van der Waals surface area contributed by atoms with Crippen molar-refractivity contribution in [1.82, 2.24) is 25.3 Å². The second kappa shape index (κ2) is 11.2. The molecule has 1 amide bonds. The Hall–Kier alpha value is -3.37. The van der Waals surface area contributed by atoms with Crippen molar-refractivity contribution < 1.29 is 23.4 Å². The number of ether oxygens (including phenoxy) is 3. The number of halogens is 1. The van der Waals surface area contributed by atoms with E-state index >= 15 is 0 Å². The summed E-state index contributed by atoms with van der Waals surface area (Å²) in [6, 6.07) is 8.27. The first-order valence-corrected chi connectivity index (χ1v) is 13.2. The number of benzene rings is 1.